The Labute approximate surface area is 187 Å². The van der Waals surface area contributed by atoms with Gasteiger partial charge < -0.3 is 9.64 Å². The quantitative estimate of drug-likeness (QED) is 0.630. The first-order valence-corrected chi connectivity index (χ1v) is 11.4. The van der Waals surface area contributed by atoms with Crippen LogP contribution in [-0.2, 0) is 6.54 Å². The van der Waals surface area contributed by atoms with Crippen molar-refractivity contribution in [2.24, 2.45) is 0 Å². The van der Waals surface area contributed by atoms with Gasteiger partial charge in [-0.3, -0.25) is 10.00 Å². The highest BCUT2D eigenvalue weighted by Gasteiger charge is 2.26. The van der Waals surface area contributed by atoms with Gasteiger partial charge in [-0.1, -0.05) is 6.07 Å². The molecule has 1 unspecified atom stereocenters. The number of hydrogen-bond acceptors (Lipinski definition) is 6. The average Bonchev–Trinajstić information content (AvgIpc) is 3.53. The number of hydrogen-bond donors (Lipinski definition) is 1. The van der Waals surface area contributed by atoms with E-state index in [-0.39, 0.29) is 5.82 Å². The van der Waals surface area contributed by atoms with E-state index in [1.54, 1.807) is 7.11 Å². The molecule has 2 fully saturated rings. The lowest BCUT2D eigenvalue weighted by Crippen LogP contribution is -2.34. The number of benzene rings is 1. The van der Waals surface area contributed by atoms with E-state index in [9.17, 15) is 4.39 Å². The topological polar surface area (TPSA) is 70.2 Å². The van der Waals surface area contributed by atoms with Crippen molar-refractivity contribution in [1.29, 1.82) is 0 Å². The zero-order valence-corrected chi connectivity index (χ0v) is 18.4. The summed E-state index contributed by atoms with van der Waals surface area (Å²) in [5, 5.41) is 7.58. The lowest BCUT2D eigenvalue weighted by atomic mass is 9.91. The minimum atomic E-state index is -0.218. The standard InChI is InChI=1S/C24H29FN6O/c1-32-19-7-6-17(21(25)13-19)15-30-10-4-5-18(16-30)23-20(14-27-29-23)22-8-9-26-24(28-22)31-11-2-3-12-31/h6-9,13-14,18H,2-5,10-12,15-16H2,1H3,(H,27,29). The van der Waals surface area contributed by atoms with Crippen LogP contribution in [0.25, 0.3) is 11.3 Å². The molecule has 8 heteroatoms. The molecule has 3 aromatic rings. The van der Waals surface area contributed by atoms with Gasteiger partial charge in [0.25, 0.3) is 0 Å². The van der Waals surface area contributed by atoms with Crippen LogP contribution >= 0.6 is 0 Å². The van der Waals surface area contributed by atoms with Crippen molar-refractivity contribution >= 4 is 5.95 Å². The highest BCUT2D eigenvalue weighted by Crippen LogP contribution is 2.33. The van der Waals surface area contributed by atoms with Crippen LogP contribution < -0.4 is 9.64 Å². The fraction of sp³-hybridized carbons (Fsp3) is 0.458. The molecule has 0 amide bonds. The molecule has 32 heavy (non-hydrogen) atoms. The molecule has 2 aliphatic heterocycles. The average molecular weight is 437 g/mol. The molecule has 2 aromatic heterocycles. The fourth-order valence-corrected chi connectivity index (χ4v) is 4.84. The molecule has 0 bridgehead atoms. The normalized spacial score (nSPS) is 19.4. The number of aromatic nitrogens is 4. The summed E-state index contributed by atoms with van der Waals surface area (Å²) in [6, 6.07) is 7.05. The molecule has 0 spiro atoms. The predicted molar refractivity (Wildman–Crippen MR) is 121 cm³/mol. The zero-order valence-electron chi connectivity index (χ0n) is 18.4. The van der Waals surface area contributed by atoms with Crippen molar-refractivity contribution in [3.63, 3.8) is 0 Å². The van der Waals surface area contributed by atoms with Crippen LogP contribution in [0.5, 0.6) is 5.75 Å². The summed E-state index contributed by atoms with van der Waals surface area (Å²) < 4.78 is 19.6. The van der Waals surface area contributed by atoms with E-state index < -0.39 is 0 Å². The first-order chi connectivity index (χ1) is 15.7. The first-order valence-electron chi connectivity index (χ1n) is 11.4. The molecule has 1 N–H and O–H groups in total. The summed E-state index contributed by atoms with van der Waals surface area (Å²) in [6.45, 7) is 4.42. The number of rotatable bonds is 6. The van der Waals surface area contributed by atoms with Gasteiger partial charge in [0, 0.05) is 61.2 Å². The predicted octanol–water partition coefficient (Wildman–Crippen LogP) is 3.99. The van der Waals surface area contributed by atoms with Gasteiger partial charge in [-0.2, -0.15) is 5.10 Å². The number of anilines is 1. The number of nitrogens with zero attached hydrogens (tertiary/aromatic N) is 5. The minimum Gasteiger partial charge on any atom is -0.497 e. The molecule has 2 aliphatic rings. The summed E-state index contributed by atoms with van der Waals surface area (Å²) >= 11 is 0. The van der Waals surface area contributed by atoms with E-state index in [4.69, 9.17) is 9.72 Å². The largest absolute Gasteiger partial charge is 0.497 e. The number of piperidine rings is 1. The molecule has 7 nitrogen and oxygen atoms in total. The smallest absolute Gasteiger partial charge is 0.225 e. The number of nitrogens with one attached hydrogen (secondary N) is 1. The van der Waals surface area contributed by atoms with Gasteiger partial charge in [0.2, 0.25) is 5.95 Å². The molecule has 0 radical (unpaired) electrons. The summed E-state index contributed by atoms with van der Waals surface area (Å²) in [4.78, 5) is 13.9. The highest BCUT2D eigenvalue weighted by molar-refractivity contribution is 5.63. The Kier molecular flexibility index (Phi) is 6.03. The van der Waals surface area contributed by atoms with E-state index in [0.29, 0.717) is 23.8 Å². The van der Waals surface area contributed by atoms with Gasteiger partial charge in [0.05, 0.1) is 19.0 Å². The van der Waals surface area contributed by atoms with Crippen LogP contribution in [0.15, 0.2) is 36.7 Å². The van der Waals surface area contributed by atoms with Crippen molar-refractivity contribution < 1.29 is 9.13 Å². The minimum absolute atomic E-state index is 0.218. The Morgan fingerprint density at radius 1 is 1.16 bits per heavy atom. The Bertz CT molecular complexity index is 1060. The maximum Gasteiger partial charge on any atom is 0.225 e. The maximum absolute atomic E-state index is 14.5. The van der Waals surface area contributed by atoms with E-state index >= 15 is 0 Å². The Morgan fingerprint density at radius 2 is 2.03 bits per heavy atom. The molecule has 0 saturated carbocycles. The number of aromatic amines is 1. The fourth-order valence-electron chi connectivity index (χ4n) is 4.84. The van der Waals surface area contributed by atoms with E-state index in [0.717, 1.165) is 61.9 Å². The van der Waals surface area contributed by atoms with E-state index in [1.165, 1.54) is 18.9 Å². The second-order valence-corrected chi connectivity index (χ2v) is 8.66. The van der Waals surface area contributed by atoms with Crippen LogP contribution in [0.3, 0.4) is 0 Å². The Balaban J connectivity index is 1.33. The third-order valence-corrected chi connectivity index (χ3v) is 6.54. The van der Waals surface area contributed by atoms with Gasteiger partial charge in [-0.15, -0.1) is 0 Å². The third-order valence-electron chi connectivity index (χ3n) is 6.54. The number of halogens is 1. The summed E-state index contributed by atoms with van der Waals surface area (Å²) in [7, 11) is 1.55. The van der Waals surface area contributed by atoms with Crippen LogP contribution in [0.2, 0.25) is 0 Å². The van der Waals surface area contributed by atoms with Crippen molar-refractivity contribution in [1.82, 2.24) is 25.1 Å². The van der Waals surface area contributed by atoms with Crippen LogP contribution in [0.1, 0.15) is 42.9 Å². The SMILES string of the molecule is COc1ccc(CN2CCCC(c3[nH]ncc3-c3ccnc(N4CCCC4)n3)C2)c(F)c1. The zero-order chi connectivity index (χ0) is 21.9. The lowest BCUT2D eigenvalue weighted by molar-refractivity contribution is 0.196. The number of methoxy groups -OCH3 is 1. The second-order valence-electron chi connectivity index (χ2n) is 8.66. The van der Waals surface area contributed by atoms with Gasteiger partial charge in [-0.25, -0.2) is 14.4 Å². The second kappa shape index (κ2) is 9.24. The number of ether oxygens (including phenoxy) is 1. The summed E-state index contributed by atoms with van der Waals surface area (Å²) in [5.74, 6) is 1.42. The van der Waals surface area contributed by atoms with Gasteiger partial charge in [-0.05, 0) is 44.4 Å². The lowest BCUT2D eigenvalue weighted by Gasteiger charge is -2.32. The molecule has 1 aromatic carbocycles. The number of likely N-dealkylation sites (tertiary alicyclic amines) is 1. The third kappa shape index (κ3) is 4.32. The van der Waals surface area contributed by atoms with Crippen LogP contribution in [-0.4, -0.2) is 58.4 Å². The van der Waals surface area contributed by atoms with Crippen LogP contribution in [0, 0.1) is 5.82 Å². The molecule has 168 valence electrons. The van der Waals surface area contributed by atoms with Gasteiger partial charge in [0.15, 0.2) is 0 Å². The molecular weight excluding hydrogens is 407 g/mol. The number of H-pyrrole nitrogens is 1. The molecule has 0 aliphatic carbocycles. The van der Waals surface area contributed by atoms with Crippen molar-refractivity contribution in [2.75, 3.05) is 38.2 Å². The van der Waals surface area contributed by atoms with Crippen molar-refractivity contribution in [3.8, 4) is 17.0 Å². The molecular formula is C24H29FN6O. The van der Waals surface area contributed by atoms with Crippen LogP contribution in [0.4, 0.5) is 10.3 Å². The maximum atomic E-state index is 14.5. The Hall–Kier alpha value is -3.00. The molecule has 1 atom stereocenters. The van der Waals surface area contributed by atoms with Gasteiger partial charge >= 0.3 is 0 Å². The Morgan fingerprint density at radius 3 is 2.84 bits per heavy atom. The van der Waals surface area contributed by atoms with E-state index in [1.807, 2.05) is 30.6 Å². The summed E-state index contributed by atoms with van der Waals surface area (Å²) in [6.07, 6.45) is 8.22. The molecule has 5 rings (SSSR count). The first kappa shape index (κ1) is 20.9. The van der Waals surface area contributed by atoms with Crippen molar-refractivity contribution in [3.05, 3.63) is 53.7 Å². The monoisotopic (exact) mass is 436 g/mol. The van der Waals surface area contributed by atoms with Crippen molar-refractivity contribution in [2.45, 2.75) is 38.1 Å². The highest BCUT2D eigenvalue weighted by atomic mass is 19.1. The molecule has 4 heterocycles. The molecule has 2 saturated heterocycles. The van der Waals surface area contributed by atoms with E-state index in [2.05, 4.69) is 25.0 Å². The van der Waals surface area contributed by atoms with Gasteiger partial charge in [0.1, 0.15) is 11.6 Å². The summed E-state index contributed by atoms with van der Waals surface area (Å²) in [5.41, 5.74) is 3.75.